The van der Waals surface area contributed by atoms with Gasteiger partial charge in [-0.05, 0) is 75.0 Å². The largest absolute Gasteiger partial charge is 0.494 e. The van der Waals surface area contributed by atoms with E-state index in [1.807, 2.05) is 0 Å². The van der Waals surface area contributed by atoms with Crippen molar-refractivity contribution in [3.05, 3.63) is 29.4 Å². The van der Waals surface area contributed by atoms with E-state index in [1.165, 1.54) is 13.3 Å². The van der Waals surface area contributed by atoms with Crippen LogP contribution in [-0.4, -0.2) is 97.0 Å². The van der Waals surface area contributed by atoms with Gasteiger partial charge in [0.05, 0.1) is 25.1 Å². The lowest BCUT2D eigenvalue weighted by Gasteiger charge is -2.31. The van der Waals surface area contributed by atoms with Crippen LogP contribution in [0.25, 0.3) is 10.8 Å². The molecule has 6 atom stereocenters. The smallest absolute Gasteiger partial charge is 0.425 e. The molecule has 1 aromatic heterocycles. The molecule has 4 aliphatic rings. The summed E-state index contributed by atoms with van der Waals surface area (Å²) in [5, 5.41) is 5.79. The van der Waals surface area contributed by atoms with Crippen LogP contribution in [0.1, 0.15) is 59.3 Å². The molecule has 1 aliphatic heterocycles. The lowest BCUT2D eigenvalue weighted by Crippen LogP contribution is -2.59. The Bertz CT molecular complexity index is 1910. The quantitative estimate of drug-likeness (QED) is 0.270. The van der Waals surface area contributed by atoms with E-state index in [2.05, 4.69) is 25.1 Å². The first-order chi connectivity index (χ1) is 24.8. The van der Waals surface area contributed by atoms with Crippen LogP contribution in [0.2, 0.25) is 5.02 Å². The Morgan fingerprint density at radius 2 is 1.77 bits per heavy atom. The highest BCUT2D eigenvalue weighted by atomic mass is 35.5. The summed E-state index contributed by atoms with van der Waals surface area (Å²) in [6.07, 6.45) is -5.69. The van der Waals surface area contributed by atoms with Crippen LogP contribution >= 0.6 is 11.6 Å². The summed E-state index contributed by atoms with van der Waals surface area (Å²) in [5.41, 5.74) is -1.52. The zero-order valence-electron chi connectivity index (χ0n) is 29.4. The Balaban J connectivity index is 1.28. The summed E-state index contributed by atoms with van der Waals surface area (Å²) in [6, 6.07) is 2.24. The van der Waals surface area contributed by atoms with Crippen molar-refractivity contribution < 1.29 is 55.0 Å². The molecule has 2 heterocycles. The fourth-order valence-corrected chi connectivity index (χ4v) is 8.37. The number of pyridine rings is 1. The van der Waals surface area contributed by atoms with Crippen molar-refractivity contribution in [2.45, 2.75) is 101 Å². The van der Waals surface area contributed by atoms with Gasteiger partial charge in [0.25, 0.3) is 5.91 Å². The standard InChI is InChI=1S/C34H41ClF3N5O9S/c1-16(2)27(40-32(47)51-17(3)34(36,37)38)30(45)43-15-20(52-29-23-11-19(35)7-10-22(23)26(50-4)14-39-29)12-25(43)28(44)41-33(13-24(33)18-5-6-18)31(46)42-53(48,49)21-8-9-21/h7,10-11,14,16-18,20-21,24-25,27H,5-6,8-9,12-13,15H2,1-4H3,(H,40,47)(H,41,44)(H,42,46)/t17-,20-,24+,25+,27+,33-/m1/s1. The molecule has 290 valence electrons. The van der Waals surface area contributed by atoms with Crippen molar-refractivity contribution >= 4 is 56.2 Å². The number of ether oxygens (including phenoxy) is 3. The number of fused-ring (bicyclic) bond motifs is 1. The van der Waals surface area contributed by atoms with Crippen molar-refractivity contribution in [2.75, 3.05) is 13.7 Å². The van der Waals surface area contributed by atoms with Crippen LogP contribution in [-0.2, 0) is 29.1 Å². The molecule has 53 heavy (non-hydrogen) atoms. The number of rotatable bonds is 13. The predicted octanol–water partition coefficient (Wildman–Crippen LogP) is 3.84. The maximum atomic E-state index is 14.3. The molecule has 0 spiro atoms. The number of nitrogens with zero attached hydrogens (tertiary/aromatic N) is 2. The minimum atomic E-state index is -4.84. The molecule has 3 saturated carbocycles. The lowest BCUT2D eigenvalue weighted by molar-refractivity contribution is -0.197. The second-order valence-corrected chi connectivity index (χ2v) is 16.9. The van der Waals surface area contributed by atoms with E-state index in [0.717, 1.165) is 17.7 Å². The summed E-state index contributed by atoms with van der Waals surface area (Å²) in [5.74, 6) is -2.75. The number of halogens is 4. The van der Waals surface area contributed by atoms with E-state index in [9.17, 15) is 40.8 Å². The summed E-state index contributed by atoms with van der Waals surface area (Å²) in [6.45, 7) is 3.52. The molecule has 1 aromatic carbocycles. The Labute approximate surface area is 308 Å². The summed E-state index contributed by atoms with van der Waals surface area (Å²) in [7, 11) is -2.47. The predicted molar refractivity (Wildman–Crippen MR) is 183 cm³/mol. The van der Waals surface area contributed by atoms with Gasteiger partial charge < -0.3 is 29.7 Å². The van der Waals surface area contributed by atoms with Gasteiger partial charge >= 0.3 is 12.3 Å². The van der Waals surface area contributed by atoms with Gasteiger partial charge in [-0.15, -0.1) is 0 Å². The Kier molecular flexibility index (Phi) is 10.4. The lowest BCUT2D eigenvalue weighted by atomic mass is 10.0. The zero-order valence-corrected chi connectivity index (χ0v) is 30.9. The van der Waals surface area contributed by atoms with Crippen molar-refractivity contribution in [3.63, 3.8) is 0 Å². The average Bonchev–Trinajstić information content (AvgIpc) is 3.95. The number of alkyl carbamates (subject to hydrolysis) is 1. The maximum Gasteiger partial charge on any atom is 0.425 e. The third-order valence-electron chi connectivity index (χ3n) is 10.2. The van der Waals surface area contributed by atoms with Gasteiger partial charge in [0.2, 0.25) is 27.7 Å². The van der Waals surface area contributed by atoms with Gasteiger partial charge in [-0.3, -0.25) is 19.1 Å². The van der Waals surface area contributed by atoms with Crippen LogP contribution < -0.4 is 24.8 Å². The van der Waals surface area contributed by atoms with Crippen LogP contribution in [0, 0.1) is 17.8 Å². The minimum Gasteiger partial charge on any atom is -0.494 e. The molecule has 6 rings (SSSR count). The van der Waals surface area contributed by atoms with Gasteiger partial charge in [-0.25, -0.2) is 18.2 Å². The molecule has 19 heteroatoms. The molecule has 0 unspecified atom stereocenters. The molecule has 0 radical (unpaired) electrons. The number of benzene rings is 1. The number of likely N-dealkylation sites (tertiary alicyclic amines) is 1. The SMILES string of the molecule is COc1cnc(O[C@@H]2C[C@@H](C(=O)N[C@]3(C(=O)NS(=O)(=O)C4CC4)C[C@H]3C3CC3)N(C(=O)[C@@H](NC(=O)O[C@H](C)C(F)(F)F)C(C)C)C2)c2cc(Cl)ccc12. The fourth-order valence-electron chi connectivity index (χ4n) is 6.84. The van der Waals surface area contributed by atoms with Gasteiger partial charge in [-0.1, -0.05) is 25.4 Å². The van der Waals surface area contributed by atoms with Crippen molar-refractivity contribution in [3.8, 4) is 11.6 Å². The molecule has 1 saturated heterocycles. The highest BCUT2D eigenvalue weighted by Crippen LogP contribution is 2.57. The van der Waals surface area contributed by atoms with Crippen molar-refractivity contribution in [1.29, 1.82) is 0 Å². The van der Waals surface area contributed by atoms with E-state index in [1.54, 1.807) is 32.0 Å². The average molecular weight is 788 g/mol. The van der Waals surface area contributed by atoms with Crippen LogP contribution in [0.3, 0.4) is 0 Å². The fraction of sp³-hybridized carbons (Fsp3) is 0.618. The summed E-state index contributed by atoms with van der Waals surface area (Å²) >= 11 is 6.28. The number of hydrogen-bond acceptors (Lipinski definition) is 10. The minimum absolute atomic E-state index is 0.113. The van der Waals surface area contributed by atoms with Crippen molar-refractivity contribution in [1.82, 2.24) is 25.2 Å². The maximum absolute atomic E-state index is 14.3. The van der Waals surface area contributed by atoms with Gasteiger partial charge in [-0.2, -0.15) is 13.2 Å². The summed E-state index contributed by atoms with van der Waals surface area (Å²) < 4.78 is 83.2. The number of hydrogen-bond donors (Lipinski definition) is 3. The third kappa shape index (κ3) is 8.22. The number of methoxy groups -OCH3 is 1. The number of nitrogens with one attached hydrogen (secondary N) is 3. The molecule has 3 N–H and O–H groups in total. The molecule has 4 amide bonds. The van der Waals surface area contributed by atoms with E-state index in [-0.39, 0.29) is 37.1 Å². The van der Waals surface area contributed by atoms with Crippen LogP contribution in [0.5, 0.6) is 11.6 Å². The number of carbonyl (C=O) groups excluding carboxylic acids is 4. The highest BCUT2D eigenvalue weighted by molar-refractivity contribution is 7.91. The van der Waals surface area contributed by atoms with Crippen molar-refractivity contribution in [2.24, 2.45) is 17.8 Å². The first-order valence-electron chi connectivity index (χ1n) is 17.4. The van der Waals surface area contributed by atoms with Crippen LogP contribution in [0.4, 0.5) is 18.0 Å². The van der Waals surface area contributed by atoms with E-state index in [0.29, 0.717) is 41.3 Å². The monoisotopic (exact) mass is 787 g/mol. The second-order valence-electron chi connectivity index (χ2n) is 14.5. The van der Waals surface area contributed by atoms with Crippen LogP contribution in [0.15, 0.2) is 24.4 Å². The third-order valence-corrected chi connectivity index (χ3v) is 12.3. The van der Waals surface area contributed by atoms with E-state index in [4.69, 9.17) is 21.1 Å². The number of amides is 4. The highest BCUT2D eigenvalue weighted by Gasteiger charge is 2.67. The van der Waals surface area contributed by atoms with E-state index >= 15 is 0 Å². The molecular formula is C34H41ClF3N5O9S. The zero-order chi connectivity index (χ0) is 38.6. The molecule has 2 aromatic rings. The Morgan fingerprint density at radius 1 is 1.08 bits per heavy atom. The molecule has 3 aliphatic carbocycles. The first kappa shape index (κ1) is 38.7. The van der Waals surface area contributed by atoms with Gasteiger partial charge in [0.1, 0.15) is 29.5 Å². The number of alkyl halides is 3. The molecule has 0 bridgehead atoms. The van der Waals surface area contributed by atoms with E-state index < -0.39 is 81.0 Å². The molecule has 14 nitrogen and oxygen atoms in total. The van der Waals surface area contributed by atoms with Gasteiger partial charge in [0.15, 0.2) is 6.10 Å². The normalized spacial score (nSPS) is 25.4. The number of aromatic nitrogens is 1. The molecular weight excluding hydrogens is 747 g/mol. The summed E-state index contributed by atoms with van der Waals surface area (Å²) in [4.78, 5) is 60.1. The molecule has 4 fully saturated rings. The first-order valence-corrected chi connectivity index (χ1v) is 19.3. The van der Waals surface area contributed by atoms with Gasteiger partial charge in [0, 0.05) is 22.2 Å². The number of carbonyl (C=O) groups is 4. The topological polar surface area (TPSA) is 182 Å². The number of sulfonamides is 1. The second kappa shape index (κ2) is 14.3. The Morgan fingerprint density at radius 3 is 2.38 bits per heavy atom. The Hall–Kier alpha value is -4.06.